The number of phenolic OH excluding ortho intramolecular Hbond substituents is 1. The number of phenols is 1. The zero-order chi connectivity index (χ0) is 24.0. The number of rotatable bonds is 4. The molecule has 2 aromatic carbocycles. The highest BCUT2D eigenvalue weighted by atomic mass is 19.1. The lowest BCUT2D eigenvalue weighted by molar-refractivity contribution is -0.147. The van der Waals surface area contributed by atoms with Crippen LogP contribution >= 0.6 is 0 Å². The van der Waals surface area contributed by atoms with Gasteiger partial charge in [0, 0.05) is 18.9 Å². The number of primary amides is 1. The minimum absolute atomic E-state index is 0.0372. The maximum atomic E-state index is 12.1. The number of hydrogen-bond acceptors (Lipinski definition) is 5. The number of carbonyl (C=O) groups excluding carboxylic acids is 2. The number of nitrogens with two attached hydrogens (primary N) is 1. The third-order valence-electron chi connectivity index (χ3n) is 3.30. The van der Waals surface area contributed by atoms with E-state index in [1.807, 2.05) is 37.3 Å². The molecular weight excluding hydrogens is 408 g/mol. The molecule has 0 fully saturated rings. The molecule has 0 aromatic heterocycles. The fourth-order valence-electron chi connectivity index (χ4n) is 2.08. The first-order valence-corrected chi connectivity index (χ1v) is 9.70. The van der Waals surface area contributed by atoms with Gasteiger partial charge in [-0.1, -0.05) is 37.3 Å². The molecule has 31 heavy (non-hydrogen) atoms. The van der Waals surface area contributed by atoms with E-state index in [-0.39, 0.29) is 12.1 Å². The van der Waals surface area contributed by atoms with E-state index in [0.29, 0.717) is 6.42 Å². The largest absolute Gasteiger partial charge is 0.505 e. The van der Waals surface area contributed by atoms with Crippen molar-refractivity contribution in [1.82, 2.24) is 0 Å². The van der Waals surface area contributed by atoms with Crippen LogP contribution in [0.3, 0.4) is 0 Å². The van der Waals surface area contributed by atoms with Gasteiger partial charge in [0.25, 0.3) is 0 Å². The lowest BCUT2D eigenvalue weighted by Gasteiger charge is -2.16. The quantitative estimate of drug-likeness (QED) is 0.644. The van der Waals surface area contributed by atoms with Crippen molar-refractivity contribution >= 4 is 12.1 Å². The lowest BCUT2D eigenvalue weighted by Crippen LogP contribution is -2.27. The second-order valence-corrected chi connectivity index (χ2v) is 7.47. The Bertz CT molecular complexity index is 807. The van der Waals surface area contributed by atoms with Gasteiger partial charge in [-0.15, -0.1) is 0 Å². The van der Waals surface area contributed by atoms with E-state index >= 15 is 0 Å². The van der Waals surface area contributed by atoms with Gasteiger partial charge in [-0.2, -0.15) is 0 Å². The second-order valence-electron chi connectivity index (χ2n) is 7.47. The smallest absolute Gasteiger partial charge is 0.405 e. The van der Waals surface area contributed by atoms with Gasteiger partial charge in [-0.25, -0.2) is 13.6 Å². The molecular formula is C23H31F2NO5. The minimum atomic E-state index is -0.809. The molecule has 2 rings (SSSR count). The molecule has 6 nitrogen and oxygen atoms in total. The topological polar surface area (TPSA) is 98.9 Å². The monoisotopic (exact) mass is 439 g/mol. The fraction of sp³-hybridized carbons (Fsp3) is 0.391. The van der Waals surface area contributed by atoms with Crippen molar-refractivity contribution in [1.29, 1.82) is 0 Å². The number of ether oxygens (including phenoxy) is 2. The van der Waals surface area contributed by atoms with Crippen LogP contribution in [0.25, 0.3) is 0 Å². The van der Waals surface area contributed by atoms with Gasteiger partial charge in [0.2, 0.25) is 0 Å². The van der Waals surface area contributed by atoms with Crippen molar-refractivity contribution in [3.63, 3.8) is 0 Å². The van der Waals surface area contributed by atoms with E-state index in [0.717, 1.165) is 24.6 Å². The van der Waals surface area contributed by atoms with Crippen LogP contribution < -0.4 is 5.73 Å². The first kappa shape index (κ1) is 27.8. The predicted molar refractivity (Wildman–Crippen MR) is 114 cm³/mol. The average Bonchev–Trinajstić information content (AvgIpc) is 2.64. The predicted octanol–water partition coefficient (Wildman–Crippen LogP) is 5.12. The molecule has 1 unspecified atom stereocenters. The van der Waals surface area contributed by atoms with E-state index in [2.05, 4.69) is 4.74 Å². The number of amides is 1. The fourth-order valence-corrected chi connectivity index (χ4v) is 2.08. The molecule has 0 aliphatic heterocycles. The Labute approximate surface area is 182 Å². The molecule has 2 aromatic rings. The van der Waals surface area contributed by atoms with Gasteiger partial charge in [0.1, 0.15) is 17.5 Å². The van der Waals surface area contributed by atoms with Crippen molar-refractivity contribution in [2.24, 2.45) is 5.73 Å². The van der Waals surface area contributed by atoms with Gasteiger partial charge in [-0.05, 0) is 45.4 Å². The Morgan fingerprint density at radius 2 is 1.68 bits per heavy atom. The molecule has 0 aliphatic carbocycles. The van der Waals surface area contributed by atoms with E-state index in [4.69, 9.17) is 15.6 Å². The van der Waals surface area contributed by atoms with Crippen LogP contribution in [-0.2, 0) is 20.7 Å². The number of aromatic hydroxyl groups is 1. The molecule has 1 amide bonds. The molecule has 3 N–H and O–H groups in total. The summed E-state index contributed by atoms with van der Waals surface area (Å²) in [7, 11) is 0. The van der Waals surface area contributed by atoms with Crippen LogP contribution in [0.5, 0.6) is 5.75 Å². The maximum Gasteiger partial charge on any atom is 0.405 e. The van der Waals surface area contributed by atoms with Crippen LogP contribution in [0.2, 0.25) is 0 Å². The normalized spacial score (nSPS) is 11.1. The SMILES string of the molecule is CC(C)(C)OC(N)=O.CCC(=O)OC(C)Cc1ccccc1.Oc1cc(F)ccc1F. The van der Waals surface area contributed by atoms with E-state index in [9.17, 15) is 18.4 Å². The highest BCUT2D eigenvalue weighted by molar-refractivity contribution is 5.69. The van der Waals surface area contributed by atoms with Gasteiger partial charge in [0.05, 0.1) is 0 Å². The molecule has 0 saturated carbocycles. The van der Waals surface area contributed by atoms with Gasteiger partial charge < -0.3 is 20.3 Å². The summed E-state index contributed by atoms with van der Waals surface area (Å²) in [5.74, 6) is -2.24. The molecule has 0 aliphatic rings. The van der Waals surface area contributed by atoms with Crippen molar-refractivity contribution in [2.75, 3.05) is 0 Å². The Balaban J connectivity index is 0.000000461. The summed E-state index contributed by atoms with van der Waals surface area (Å²) in [6.07, 6.45) is 0.466. The highest BCUT2D eigenvalue weighted by Gasteiger charge is 2.12. The van der Waals surface area contributed by atoms with Crippen molar-refractivity contribution in [3.05, 3.63) is 65.7 Å². The van der Waals surface area contributed by atoms with Crippen molar-refractivity contribution in [3.8, 4) is 5.75 Å². The molecule has 8 heteroatoms. The summed E-state index contributed by atoms with van der Waals surface area (Å²) < 4.78 is 33.8. The van der Waals surface area contributed by atoms with E-state index in [1.165, 1.54) is 5.56 Å². The Morgan fingerprint density at radius 1 is 1.10 bits per heavy atom. The summed E-state index contributed by atoms with van der Waals surface area (Å²) in [5.41, 5.74) is 5.46. The summed E-state index contributed by atoms with van der Waals surface area (Å²) in [5, 5.41) is 8.49. The van der Waals surface area contributed by atoms with Gasteiger partial charge >= 0.3 is 12.1 Å². The summed E-state index contributed by atoms with van der Waals surface area (Å²) >= 11 is 0. The average molecular weight is 439 g/mol. The molecule has 0 saturated heterocycles. The molecule has 1 atom stereocenters. The number of carbonyl (C=O) groups is 2. The van der Waals surface area contributed by atoms with Crippen LogP contribution in [0.4, 0.5) is 13.6 Å². The summed E-state index contributed by atoms with van der Waals surface area (Å²) in [6, 6.07) is 12.6. The third-order valence-corrected chi connectivity index (χ3v) is 3.30. The zero-order valence-electron chi connectivity index (χ0n) is 18.5. The van der Waals surface area contributed by atoms with Crippen LogP contribution in [0.1, 0.15) is 46.6 Å². The van der Waals surface area contributed by atoms with Crippen LogP contribution in [0.15, 0.2) is 48.5 Å². The Morgan fingerprint density at radius 3 is 2.06 bits per heavy atom. The highest BCUT2D eigenvalue weighted by Crippen LogP contribution is 2.14. The van der Waals surface area contributed by atoms with E-state index in [1.54, 1.807) is 27.7 Å². The standard InChI is InChI=1S/C12H16O2.C6H4F2O.C5H11NO2/c1-3-12(13)14-10(2)9-11-7-5-4-6-8-11;7-4-1-2-5(8)6(9)3-4;1-5(2,3)8-4(6)7/h4-8,10H,3,9H2,1-2H3;1-3,9H;1-3H3,(H2,6,7). The van der Waals surface area contributed by atoms with E-state index < -0.39 is 29.1 Å². The Kier molecular flexibility index (Phi) is 12.5. The summed E-state index contributed by atoms with van der Waals surface area (Å²) in [6.45, 7) is 9.01. The first-order chi connectivity index (χ1) is 14.3. The maximum absolute atomic E-state index is 12.1. The van der Waals surface area contributed by atoms with Crippen molar-refractivity contribution < 1.29 is 33.0 Å². The molecule has 172 valence electrons. The number of benzene rings is 2. The van der Waals surface area contributed by atoms with Crippen molar-refractivity contribution in [2.45, 2.75) is 59.2 Å². The van der Waals surface area contributed by atoms with Crippen LogP contribution in [-0.4, -0.2) is 28.9 Å². The van der Waals surface area contributed by atoms with Gasteiger partial charge in [0.15, 0.2) is 11.6 Å². The van der Waals surface area contributed by atoms with Crippen LogP contribution in [0, 0.1) is 11.6 Å². The molecule has 0 spiro atoms. The number of hydrogen-bond donors (Lipinski definition) is 2. The molecule has 0 heterocycles. The third kappa shape index (κ3) is 15.4. The molecule has 0 radical (unpaired) electrons. The first-order valence-electron chi connectivity index (χ1n) is 9.70. The number of esters is 1. The Hall–Kier alpha value is -3.16. The number of halogens is 2. The molecule has 0 bridgehead atoms. The second kappa shape index (κ2) is 14.0. The zero-order valence-corrected chi connectivity index (χ0v) is 18.5. The minimum Gasteiger partial charge on any atom is -0.505 e. The summed E-state index contributed by atoms with van der Waals surface area (Å²) in [4.78, 5) is 21.0. The lowest BCUT2D eigenvalue weighted by atomic mass is 10.1. The van der Waals surface area contributed by atoms with Gasteiger partial charge in [-0.3, -0.25) is 4.79 Å².